The molecule has 0 aromatic heterocycles. The van der Waals surface area contributed by atoms with E-state index < -0.39 is 18.8 Å². The van der Waals surface area contributed by atoms with Crippen molar-refractivity contribution in [2.45, 2.75) is 72.6 Å². The van der Waals surface area contributed by atoms with Crippen LogP contribution in [0.15, 0.2) is 42.5 Å². The molecule has 0 amide bonds. The second-order valence-electron chi connectivity index (χ2n) is 7.10. The summed E-state index contributed by atoms with van der Waals surface area (Å²) in [7, 11) is 0. The summed E-state index contributed by atoms with van der Waals surface area (Å²) >= 11 is -2.56. The first-order chi connectivity index (χ1) is 11.7. The number of fused-ring (bicyclic) bond motifs is 1. The molecule has 0 atom stereocenters. The average Bonchev–Trinajstić information content (AvgIpc) is 2.62. The topological polar surface area (TPSA) is 9.23 Å². The molecule has 0 spiro atoms. The van der Waals surface area contributed by atoms with Crippen LogP contribution < -0.4 is 3.07 Å². The quantitative estimate of drug-likeness (QED) is 0.332. The van der Waals surface area contributed by atoms with Crippen molar-refractivity contribution in [3.05, 3.63) is 42.5 Å². The van der Waals surface area contributed by atoms with Gasteiger partial charge in [0.25, 0.3) is 0 Å². The van der Waals surface area contributed by atoms with Crippen LogP contribution in [-0.2, 0) is 0 Å². The van der Waals surface area contributed by atoms with Crippen LogP contribution in [0.3, 0.4) is 0 Å². The van der Waals surface area contributed by atoms with E-state index in [9.17, 15) is 0 Å². The Bertz CT molecular complexity index is 586. The molecule has 0 saturated carbocycles. The summed E-state index contributed by atoms with van der Waals surface area (Å²) < 4.78 is 11.1. The zero-order chi connectivity index (χ0) is 17.3. The molecule has 132 valence electrons. The van der Waals surface area contributed by atoms with Crippen LogP contribution in [0.4, 0.5) is 0 Å². The van der Waals surface area contributed by atoms with Crippen molar-refractivity contribution in [2.75, 3.05) is 0 Å². The van der Waals surface area contributed by atoms with E-state index >= 15 is 0 Å². The molecule has 2 aromatic rings. The maximum atomic E-state index is 6.93. The van der Waals surface area contributed by atoms with Crippen molar-refractivity contribution in [1.29, 1.82) is 0 Å². The number of hydrogen-bond donors (Lipinski definition) is 0. The van der Waals surface area contributed by atoms with E-state index in [0.717, 1.165) is 5.75 Å². The Labute approximate surface area is 153 Å². The van der Waals surface area contributed by atoms with E-state index in [0.29, 0.717) is 0 Å². The van der Waals surface area contributed by atoms with Crippen LogP contribution in [0.25, 0.3) is 10.8 Å². The Morgan fingerprint density at radius 1 is 0.708 bits per heavy atom. The number of benzene rings is 2. The summed E-state index contributed by atoms with van der Waals surface area (Å²) in [4.78, 5) is 0. The van der Waals surface area contributed by atoms with Gasteiger partial charge in [0.2, 0.25) is 0 Å². The summed E-state index contributed by atoms with van der Waals surface area (Å²) in [6.45, 7) is 6.94. The number of unbranched alkanes of at least 4 members (excludes halogenated alkanes) is 3. The molecule has 0 fully saturated rings. The SMILES string of the molecule is CCC[CH2][Sn]([CH2]CCC)([CH2]CCC)[O]c1ccc2ccccc2c1. The second-order valence-corrected chi connectivity index (χ2v) is 18.7. The van der Waals surface area contributed by atoms with Crippen LogP contribution in [0.2, 0.25) is 13.3 Å². The van der Waals surface area contributed by atoms with E-state index in [2.05, 4.69) is 63.2 Å². The van der Waals surface area contributed by atoms with Crippen LogP contribution in [0.1, 0.15) is 59.3 Å². The third-order valence-corrected chi connectivity index (χ3v) is 17.8. The third-order valence-electron chi connectivity index (χ3n) is 5.01. The third kappa shape index (κ3) is 5.68. The molecule has 0 unspecified atom stereocenters. The van der Waals surface area contributed by atoms with E-state index in [1.807, 2.05) is 0 Å². The average molecular weight is 433 g/mol. The molecule has 0 aliphatic carbocycles. The Morgan fingerprint density at radius 2 is 1.25 bits per heavy atom. The van der Waals surface area contributed by atoms with Gasteiger partial charge in [-0.2, -0.15) is 0 Å². The summed E-state index contributed by atoms with van der Waals surface area (Å²) in [5, 5.41) is 2.61. The Morgan fingerprint density at radius 3 is 1.79 bits per heavy atom. The minimum absolute atomic E-state index is 1.13. The molecule has 1 nitrogen and oxygen atoms in total. The van der Waals surface area contributed by atoms with Gasteiger partial charge < -0.3 is 0 Å². The zero-order valence-corrected chi connectivity index (χ0v) is 18.7. The molecular formula is C22H34OSn. The standard InChI is InChI=1S/C10H8O.3C4H9.Sn/c11-10-6-5-8-3-1-2-4-9(8)7-10;3*1-3-4-2;/h1-7,11H;3*1,3-4H2,2H3;/q;;;;+1/p-1. The van der Waals surface area contributed by atoms with Gasteiger partial charge in [0, 0.05) is 0 Å². The van der Waals surface area contributed by atoms with Crippen LogP contribution in [0, 0.1) is 0 Å². The fraction of sp³-hybridized carbons (Fsp3) is 0.545. The minimum atomic E-state index is -2.56. The van der Waals surface area contributed by atoms with E-state index in [4.69, 9.17) is 3.07 Å². The number of rotatable bonds is 11. The summed E-state index contributed by atoms with van der Waals surface area (Å²) in [5.41, 5.74) is 0. The van der Waals surface area contributed by atoms with Gasteiger partial charge in [-0.3, -0.25) is 0 Å². The van der Waals surface area contributed by atoms with Crippen molar-refractivity contribution >= 4 is 29.6 Å². The second kappa shape index (κ2) is 10.3. The van der Waals surface area contributed by atoms with Gasteiger partial charge in [0.1, 0.15) is 0 Å². The van der Waals surface area contributed by atoms with Crippen molar-refractivity contribution in [3.63, 3.8) is 0 Å². The van der Waals surface area contributed by atoms with Gasteiger partial charge in [0.15, 0.2) is 0 Å². The fourth-order valence-electron chi connectivity index (χ4n) is 3.51. The van der Waals surface area contributed by atoms with Gasteiger partial charge in [-0.15, -0.1) is 0 Å². The van der Waals surface area contributed by atoms with Crippen molar-refractivity contribution in [1.82, 2.24) is 0 Å². The molecule has 0 heterocycles. The van der Waals surface area contributed by atoms with Crippen molar-refractivity contribution < 1.29 is 3.07 Å². The molecule has 0 aliphatic rings. The van der Waals surface area contributed by atoms with Gasteiger partial charge in [-0.1, -0.05) is 0 Å². The monoisotopic (exact) mass is 434 g/mol. The summed E-state index contributed by atoms with van der Waals surface area (Å²) in [6.07, 6.45) is 7.90. The van der Waals surface area contributed by atoms with Gasteiger partial charge in [-0.25, -0.2) is 0 Å². The predicted molar refractivity (Wildman–Crippen MR) is 109 cm³/mol. The van der Waals surface area contributed by atoms with Gasteiger partial charge in [0.05, 0.1) is 0 Å². The molecule has 2 rings (SSSR count). The first kappa shape index (κ1) is 19.6. The Hall–Kier alpha value is -0.701. The van der Waals surface area contributed by atoms with Crippen molar-refractivity contribution in [3.8, 4) is 5.75 Å². The predicted octanol–water partition coefficient (Wildman–Crippen LogP) is 7.56. The molecule has 24 heavy (non-hydrogen) atoms. The summed E-state index contributed by atoms with van der Waals surface area (Å²) in [5.74, 6) is 1.13. The first-order valence-electron chi connectivity index (χ1n) is 9.91. The molecule has 2 aromatic carbocycles. The molecule has 2 heteroatoms. The van der Waals surface area contributed by atoms with Gasteiger partial charge >= 0.3 is 153 Å². The van der Waals surface area contributed by atoms with Crippen LogP contribution in [0.5, 0.6) is 5.75 Å². The zero-order valence-electron chi connectivity index (χ0n) is 15.8. The molecule has 0 saturated heterocycles. The van der Waals surface area contributed by atoms with E-state index in [1.165, 1.54) is 62.6 Å². The molecular weight excluding hydrogens is 399 g/mol. The molecule has 0 bridgehead atoms. The van der Waals surface area contributed by atoms with Gasteiger partial charge in [-0.05, 0) is 0 Å². The number of hydrogen-bond acceptors (Lipinski definition) is 1. The Balaban J connectivity index is 2.24. The molecule has 0 radical (unpaired) electrons. The molecule has 0 N–H and O–H groups in total. The maximum absolute atomic E-state index is 6.93. The van der Waals surface area contributed by atoms with E-state index in [-0.39, 0.29) is 0 Å². The fourth-order valence-corrected chi connectivity index (χ4v) is 16.9. The first-order valence-corrected chi connectivity index (χ1v) is 17.1. The van der Waals surface area contributed by atoms with Crippen LogP contribution >= 0.6 is 0 Å². The molecule has 0 aliphatic heterocycles. The Kier molecular flexibility index (Phi) is 8.44. The normalized spacial score (nSPS) is 11.8. The van der Waals surface area contributed by atoms with E-state index in [1.54, 1.807) is 0 Å². The summed E-state index contributed by atoms with van der Waals surface area (Å²) in [6, 6.07) is 15.3. The van der Waals surface area contributed by atoms with Crippen molar-refractivity contribution in [2.24, 2.45) is 0 Å². The van der Waals surface area contributed by atoms with Crippen LogP contribution in [-0.4, -0.2) is 18.8 Å².